The lowest BCUT2D eigenvalue weighted by atomic mass is 10.1. The summed E-state index contributed by atoms with van der Waals surface area (Å²) in [5, 5.41) is 9.31. The number of halogens is 2. The lowest BCUT2D eigenvalue weighted by molar-refractivity contribution is 0.136. The fraction of sp³-hybridized carbons (Fsp3) is 0.409. The lowest BCUT2D eigenvalue weighted by Crippen LogP contribution is -2.54. The van der Waals surface area contributed by atoms with Crippen molar-refractivity contribution in [1.82, 2.24) is 24.4 Å². The number of rotatable bonds is 3. The molecule has 3 aromatic heterocycles. The third-order valence-corrected chi connectivity index (χ3v) is 6.54. The van der Waals surface area contributed by atoms with Crippen LogP contribution in [0.25, 0.3) is 16.7 Å². The molecule has 1 aliphatic carbocycles. The summed E-state index contributed by atoms with van der Waals surface area (Å²) in [7, 11) is 0. The van der Waals surface area contributed by atoms with Crippen LogP contribution >= 0.6 is 11.6 Å². The number of hydrogen-bond acceptors (Lipinski definition) is 6. The van der Waals surface area contributed by atoms with Crippen LogP contribution in [0.15, 0.2) is 23.1 Å². The number of aromatic nitrogens is 4. The Morgan fingerprint density at radius 2 is 2.03 bits per heavy atom. The molecule has 0 aromatic carbocycles. The molecule has 11 heteroatoms. The van der Waals surface area contributed by atoms with Gasteiger partial charge < -0.3 is 14.9 Å². The Hall–Kier alpha value is -3.27. The van der Waals surface area contributed by atoms with E-state index in [4.69, 9.17) is 11.6 Å². The van der Waals surface area contributed by atoms with Crippen LogP contribution in [0.2, 0.25) is 5.15 Å². The van der Waals surface area contributed by atoms with Gasteiger partial charge in [0.25, 0.3) is 0 Å². The summed E-state index contributed by atoms with van der Waals surface area (Å²) >= 11 is 6.05. The average Bonchev–Trinajstić information content (AvgIpc) is 3.60. The molecule has 1 amide bonds. The Bertz CT molecular complexity index is 1340. The summed E-state index contributed by atoms with van der Waals surface area (Å²) in [4.78, 5) is 41.1. The Morgan fingerprint density at radius 3 is 2.70 bits per heavy atom. The average molecular weight is 473 g/mol. The van der Waals surface area contributed by atoms with Crippen molar-refractivity contribution in [3.63, 3.8) is 0 Å². The van der Waals surface area contributed by atoms with Crippen LogP contribution in [0.5, 0.6) is 0 Å². The second-order valence-electron chi connectivity index (χ2n) is 8.59. The van der Waals surface area contributed by atoms with Crippen molar-refractivity contribution < 1.29 is 14.3 Å². The van der Waals surface area contributed by atoms with E-state index in [1.54, 1.807) is 6.20 Å². The number of hydrogen-bond donors (Lipinski definition) is 1. The number of amides is 1. The largest absolute Gasteiger partial charge is 0.465 e. The van der Waals surface area contributed by atoms with E-state index >= 15 is 0 Å². The third kappa shape index (κ3) is 3.68. The molecule has 1 saturated heterocycles. The molecule has 1 aliphatic heterocycles. The molecular formula is C22H22ClFN6O3. The molecule has 4 heterocycles. The van der Waals surface area contributed by atoms with E-state index < -0.39 is 17.6 Å². The first-order valence-electron chi connectivity index (χ1n) is 10.8. The Labute approximate surface area is 193 Å². The molecule has 3 aromatic rings. The minimum absolute atomic E-state index is 0.197. The van der Waals surface area contributed by atoms with Crippen molar-refractivity contribution in [2.45, 2.75) is 38.6 Å². The number of nitrogens with zero attached hydrogens (tertiary/aromatic N) is 6. The maximum atomic E-state index is 14.6. The van der Waals surface area contributed by atoms with Crippen molar-refractivity contribution in [3.05, 3.63) is 51.0 Å². The molecule has 0 spiro atoms. The van der Waals surface area contributed by atoms with E-state index in [1.807, 2.05) is 24.8 Å². The van der Waals surface area contributed by atoms with Gasteiger partial charge in [0.1, 0.15) is 5.82 Å². The fourth-order valence-electron chi connectivity index (χ4n) is 4.47. The first-order valence-corrected chi connectivity index (χ1v) is 11.1. The van der Waals surface area contributed by atoms with Crippen LogP contribution in [-0.2, 0) is 0 Å². The Balaban J connectivity index is 1.74. The van der Waals surface area contributed by atoms with Gasteiger partial charge in [0.2, 0.25) is 0 Å². The van der Waals surface area contributed by atoms with E-state index in [0.29, 0.717) is 17.6 Å². The molecule has 1 saturated carbocycles. The molecule has 9 nitrogen and oxygen atoms in total. The van der Waals surface area contributed by atoms with Crippen LogP contribution in [-0.4, -0.2) is 61.3 Å². The molecular weight excluding hydrogens is 451 g/mol. The second-order valence-corrected chi connectivity index (χ2v) is 8.95. The number of pyridine rings is 2. The lowest BCUT2D eigenvalue weighted by Gasteiger charge is -2.39. The van der Waals surface area contributed by atoms with Crippen molar-refractivity contribution in [1.29, 1.82) is 0 Å². The normalized spacial score (nSPS) is 18.7. The third-order valence-electron chi connectivity index (χ3n) is 6.27. The van der Waals surface area contributed by atoms with Crippen molar-refractivity contribution in [2.24, 2.45) is 0 Å². The van der Waals surface area contributed by atoms with E-state index in [-0.39, 0.29) is 41.7 Å². The molecule has 2 fully saturated rings. The number of carbonyl (C=O) groups is 1. The minimum Gasteiger partial charge on any atom is -0.465 e. The van der Waals surface area contributed by atoms with Gasteiger partial charge in [-0.1, -0.05) is 11.6 Å². The highest BCUT2D eigenvalue weighted by molar-refractivity contribution is 6.30. The van der Waals surface area contributed by atoms with Crippen molar-refractivity contribution in [3.8, 4) is 5.69 Å². The number of piperazine rings is 1. The predicted molar refractivity (Wildman–Crippen MR) is 121 cm³/mol. The molecule has 172 valence electrons. The molecule has 33 heavy (non-hydrogen) atoms. The van der Waals surface area contributed by atoms with Crippen molar-refractivity contribution >= 4 is 34.5 Å². The second kappa shape index (κ2) is 7.95. The number of fused-ring (bicyclic) bond motifs is 1. The van der Waals surface area contributed by atoms with Crippen molar-refractivity contribution in [2.75, 3.05) is 24.5 Å². The zero-order valence-corrected chi connectivity index (χ0v) is 18.9. The smallest absolute Gasteiger partial charge is 0.407 e. The predicted octanol–water partition coefficient (Wildman–Crippen LogP) is 3.34. The van der Waals surface area contributed by atoms with E-state index in [1.165, 1.54) is 15.5 Å². The molecule has 1 N–H and O–H groups in total. The molecule has 5 rings (SSSR count). The van der Waals surface area contributed by atoms with Gasteiger partial charge in [-0.25, -0.2) is 23.5 Å². The number of anilines is 1. The first kappa shape index (κ1) is 21.6. The Morgan fingerprint density at radius 1 is 1.27 bits per heavy atom. The van der Waals surface area contributed by atoms with Gasteiger partial charge in [-0.15, -0.1) is 0 Å². The maximum absolute atomic E-state index is 14.6. The number of carboxylic acid groups (broad SMARTS) is 1. The van der Waals surface area contributed by atoms with E-state index in [9.17, 15) is 19.1 Å². The van der Waals surface area contributed by atoms with Gasteiger partial charge in [-0.3, -0.25) is 4.98 Å². The summed E-state index contributed by atoms with van der Waals surface area (Å²) in [6.45, 7) is 4.50. The molecule has 1 atom stereocenters. The zero-order chi connectivity index (χ0) is 23.4. The molecule has 2 aliphatic rings. The van der Waals surface area contributed by atoms with Gasteiger partial charge >= 0.3 is 11.8 Å². The summed E-state index contributed by atoms with van der Waals surface area (Å²) in [6.07, 6.45) is 2.67. The summed E-state index contributed by atoms with van der Waals surface area (Å²) in [6, 6.07) is 2.77. The quantitative estimate of drug-likeness (QED) is 0.583. The van der Waals surface area contributed by atoms with Crippen LogP contribution in [0.3, 0.4) is 0 Å². The summed E-state index contributed by atoms with van der Waals surface area (Å²) in [5.41, 5.74) is 1.85. The van der Waals surface area contributed by atoms with E-state index in [0.717, 1.165) is 24.1 Å². The summed E-state index contributed by atoms with van der Waals surface area (Å²) < 4.78 is 15.9. The molecule has 0 bridgehead atoms. The van der Waals surface area contributed by atoms with E-state index in [2.05, 4.69) is 15.0 Å². The summed E-state index contributed by atoms with van der Waals surface area (Å²) in [5.74, 6) is -0.206. The van der Waals surface area contributed by atoms with Gasteiger partial charge in [-0.05, 0) is 44.4 Å². The van der Waals surface area contributed by atoms with Gasteiger partial charge in [0.05, 0.1) is 16.8 Å². The minimum atomic E-state index is -1.01. The monoisotopic (exact) mass is 472 g/mol. The molecule has 1 unspecified atom stereocenters. The van der Waals surface area contributed by atoms with Crippen LogP contribution in [0.1, 0.15) is 36.9 Å². The topological polar surface area (TPSA) is 104 Å². The highest BCUT2D eigenvalue weighted by Gasteiger charge is 2.33. The highest BCUT2D eigenvalue weighted by atomic mass is 35.5. The van der Waals surface area contributed by atoms with Gasteiger partial charge in [-0.2, -0.15) is 4.98 Å². The van der Waals surface area contributed by atoms with Crippen LogP contribution in [0.4, 0.5) is 15.0 Å². The molecule has 0 radical (unpaired) electrons. The van der Waals surface area contributed by atoms with Crippen LogP contribution in [0, 0.1) is 12.7 Å². The highest BCUT2D eigenvalue weighted by Crippen LogP contribution is 2.42. The first-order chi connectivity index (χ1) is 15.8. The number of aryl methyl sites for hydroxylation is 1. The fourth-order valence-corrected chi connectivity index (χ4v) is 4.60. The van der Waals surface area contributed by atoms with Gasteiger partial charge in [0.15, 0.2) is 16.6 Å². The standard InChI is InChI=1S/C22H22ClFN6O3/c1-11-5-6-25-16(13-3-4-13)17(11)30-20-14(9-15(24)18(23)26-20)19(27-21(30)31)29-8-7-28(22(32)33)10-12(29)2/h5-6,9,12-13H,3-4,7-8,10H2,1-2H3,(H,32,33). The van der Waals surface area contributed by atoms with Gasteiger partial charge in [0, 0.05) is 37.8 Å². The zero-order valence-electron chi connectivity index (χ0n) is 18.1. The SMILES string of the molecule is Cc1ccnc(C2CC2)c1-n1c(=O)nc(N2CCN(C(=O)O)CC2C)c2cc(F)c(Cl)nc21. The maximum Gasteiger partial charge on any atom is 0.407 e. The Kier molecular flexibility index (Phi) is 5.19. The van der Waals surface area contributed by atoms with Crippen LogP contribution < -0.4 is 10.6 Å².